The fourth-order valence-corrected chi connectivity index (χ4v) is 1.47. The van der Waals surface area contributed by atoms with Crippen LogP contribution >= 0.6 is 11.6 Å². The van der Waals surface area contributed by atoms with Crippen LogP contribution in [0, 0.1) is 5.92 Å². The summed E-state index contributed by atoms with van der Waals surface area (Å²) in [6.07, 6.45) is 6.59. The van der Waals surface area contributed by atoms with Crippen molar-refractivity contribution in [2.45, 2.75) is 38.5 Å². The second-order valence-corrected chi connectivity index (χ2v) is 4.11. The number of nitrogens with one attached hydrogen (secondary N) is 1. The van der Waals surface area contributed by atoms with Crippen molar-refractivity contribution in [2.24, 2.45) is 5.92 Å². The van der Waals surface area contributed by atoms with Crippen LogP contribution in [0.4, 0.5) is 0 Å². The molecule has 76 valence electrons. The molecule has 1 rings (SSSR count). The van der Waals surface area contributed by atoms with Crippen LogP contribution in [0.5, 0.6) is 0 Å². The Morgan fingerprint density at radius 1 is 1.38 bits per heavy atom. The van der Waals surface area contributed by atoms with Crippen LogP contribution in [0.25, 0.3) is 0 Å². The molecule has 1 aliphatic rings. The Morgan fingerprint density at radius 2 is 2.15 bits per heavy atom. The van der Waals surface area contributed by atoms with E-state index in [-0.39, 0.29) is 5.91 Å². The number of amides is 1. The summed E-state index contributed by atoms with van der Waals surface area (Å²) in [5.41, 5.74) is 0. The van der Waals surface area contributed by atoms with E-state index in [1.807, 2.05) is 0 Å². The Bertz CT molecular complexity index is 157. The second kappa shape index (κ2) is 6.25. The molecule has 0 radical (unpaired) electrons. The maximum atomic E-state index is 11.1. The minimum atomic E-state index is 0.149. The molecule has 3 heteroatoms. The first-order valence-corrected chi connectivity index (χ1v) is 5.69. The standard InChI is InChI=1S/C10H18ClNO/c11-7-1-4-10(13)12-8-2-3-9-5-6-9/h9H,1-8H2,(H,12,13). The molecule has 0 saturated heterocycles. The molecule has 0 heterocycles. The van der Waals surface area contributed by atoms with Crippen LogP contribution in [0.1, 0.15) is 38.5 Å². The van der Waals surface area contributed by atoms with Gasteiger partial charge < -0.3 is 5.32 Å². The number of halogens is 1. The third-order valence-electron chi connectivity index (χ3n) is 2.35. The molecule has 13 heavy (non-hydrogen) atoms. The molecule has 1 fully saturated rings. The predicted octanol–water partition coefficient (Wildman–Crippen LogP) is 2.31. The molecule has 1 saturated carbocycles. The van der Waals surface area contributed by atoms with Gasteiger partial charge in [0, 0.05) is 18.8 Å². The molecule has 0 aromatic heterocycles. The summed E-state index contributed by atoms with van der Waals surface area (Å²) in [6, 6.07) is 0. The number of carbonyl (C=O) groups is 1. The van der Waals surface area contributed by atoms with E-state index >= 15 is 0 Å². The van der Waals surface area contributed by atoms with Gasteiger partial charge in [0.25, 0.3) is 0 Å². The minimum Gasteiger partial charge on any atom is -0.356 e. The zero-order chi connectivity index (χ0) is 9.52. The fraction of sp³-hybridized carbons (Fsp3) is 0.900. The lowest BCUT2D eigenvalue weighted by molar-refractivity contribution is -0.121. The molecule has 1 aliphatic carbocycles. The van der Waals surface area contributed by atoms with E-state index in [1.54, 1.807) is 0 Å². The van der Waals surface area contributed by atoms with Gasteiger partial charge in [0.05, 0.1) is 0 Å². The number of hydrogen-bond donors (Lipinski definition) is 1. The van der Waals surface area contributed by atoms with Crippen LogP contribution in [0.2, 0.25) is 0 Å². The van der Waals surface area contributed by atoms with Gasteiger partial charge in [0.1, 0.15) is 0 Å². The molecule has 0 bridgehead atoms. The van der Waals surface area contributed by atoms with Gasteiger partial charge in [-0.2, -0.15) is 0 Å². The van der Waals surface area contributed by atoms with Gasteiger partial charge in [-0.05, 0) is 25.2 Å². The number of alkyl halides is 1. The average Bonchev–Trinajstić information content (AvgIpc) is 2.92. The third kappa shape index (κ3) is 5.92. The average molecular weight is 204 g/mol. The monoisotopic (exact) mass is 203 g/mol. The van der Waals surface area contributed by atoms with Crippen LogP contribution in [-0.2, 0) is 4.79 Å². The van der Waals surface area contributed by atoms with Crippen LogP contribution in [-0.4, -0.2) is 18.3 Å². The lowest BCUT2D eigenvalue weighted by atomic mass is 10.2. The van der Waals surface area contributed by atoms with Gasteiger partial charge in [-0.1, -0.05) is 12.8 Å². The fourth-order valence-electron chi connectivity index (χ4n) is 1.34. The highest BCUT2D eigenvalue weighted by molar-refractivity contribution is 6.17. The minimum absolute atomic E-state index is 0.149. The second-order valence-electron chi connectivity index (χ2n) is 3.73. The molecule has 0 aromatic rings. The smallest absolute Gasteiger partial charge is 0.220 e. The summed E-state index contributed by atoms with van der Waals surface area (Å²) in [4.78, 5) is 11.1. The largest absolute Gasteiger partial charge is 0.356 e. The van der Waals surface area contributed by atoms with Gasteiger partial charge in [-0.25, -0.2) is 0 Å². The molecular formula is C10H18ClNO. The first-order chi connectivity index (χ1) is 6.33. The van der Waals surface area contributed by atoms with Gasteiger partial charge in [-0.3, -0.25) is 4.79 Å². The van der Waals surface area contributed by atoms with Crippen molar-refractivity contribution >= 4 is 17.5 Å². The maximum Gasteiger partial charge on any atom is 0.220 e. The lowest BCUT2D eigenvalue weighted by Crippen LogP contribution is -2.24. The van der Waals surface area contributed by atoms with Crippen LogP contribution in [0.3, 0.4) is 0 Å². The molecular weight excluding hydrogens is 186 g/mol. The summed E-state index contributed by atoms with van der Waals surface area (Å²) < 4.78 is 0. The number of carbonyl (C=O) groups excluding carboxylic acids is 1. The molecule has 0 atom stereocenters. The van der Waals surface area contributed by atoms with Gasteiger partial charge in [0.15, 0.2) is 0 Å². The van der Waals surface area contributed by atoms with E-state index < -0.39 is 0 Å². The van der Waals surface area contributed by atoms with Crippen molar-refractivity contribution in [3.8, 4) is 0 Å². The molecule has 1 amide bonds. The van der Waals surface area contributed by atoms with Crippen molar-refractivity contribution in [1.82, 2.24) is 5.32 Å². The van der Waals surface area contributed by atoms with Crippen LogP contribution < -0.4 is 5.32 Å². The molecule has 0 unspecified atom stereocenters. The Labute approximate surface area is 85.0 Å². The van der Waals surface area contributed by atoms with Crippen LogP contribution in [0.15, 0.2) is 0 Å². The normalized spacial score (nSPS) is 15.8. The van der Waals surface area contributed by atoms with Crippen molar-refractivity contribution in [2.75, 3.05) is 12.4 Å². The van der Waals surface area contributed by atoms with Crippen molar-refractivity contribution in [3.63, 3.8) is 0 Å². The zero-order valence-corrected chi connectivity index (χ0v) is 8.78. The van der Waals surface area contributed by atoms with E-state index in [0.29, 0.717) is 12.3 Å². The Balaban J connectivity index is 1.82. The Morgan fingerprint density at radius 3 is 2.77 bits per heavy atom. The van der Waals surface area contributed by atoms with E-state index in [2.05, 4.69) is 5.32 Å². The molecule has 0 aliphatic heterocycles. The quantitative estimate of drug-likeness (QED) is 0.500. The summed E-state index contributed by atoms with van der Waals surface area (Å²) >= 11 is 5.48. The van der Waals surface area contributed by atoms with Crippen molar-refractivity contribution in [3.05, 3.63) is 0 Å². The topological polar surface area (TPSA) is 29.1 Å². The SMILES string of the molecule is O=C(CCCCl)NCCCC1CC1. The summed E-state index contributed by atoms with van der Waals surface area (Å²) in [5, 5.41) is 2.90. The number of hydrogen-bond acceptors (Lipinski definition) is 1. The van der Waals surface area contributed by atoms with E-state index in [1.165, 1.54) is 19.3 Å². The predicted molar refractivity (Wildman–Crippen MR) is 54.9 cm³/mol. The van der Waals surface area contributed by atoms with E-state index in [9.17, 15) is 4.79 Å². The first kappa shape index (κ1) is 10.8. The maximum absolute atomic E-state index is 11.1. The summed E-state index contributed by atoms with van der Waals surface area (Å²) in [7, 11) is 0. The van der Waals surface area contributed by atoms with Gasteiger partial charge in [-0.15, -0.1) is 11.6 Å². The molecule has 0 aromatic carbocycles. The Hall–Kier alpha value is -0.240. The molecule has 2 nitrogen and oxygen atoms in total. The highest BCUT2D eigenvalue weighted by Crippen LogP contribution is 2.33. The van der Waals surface area contributed by atoms with Gasteiger partial charge in [0.2, 0.25) is 5.91 Å². The zero-order valence-electron chi connectivity index (χ0n) is 8.02. The van der Waals surface area contributed by atoms with Crippen molar-refractivity contribution in [1.29, 1.82) is 0 Å². The highest BCUT2D eigenvalue weighted by atomic mass is 35.5. The summed E-state index contributed by atoms with van der Waals surface area (Å²) in [5.74, 6) is 1.70. The van der Waals surface area contributed by atoms with E-state index in [4.69, 9.17) is 11.6 Å². The van der Waals surface area contributed by atoms with Gasteiger partial charge >= 0.3 is 0 Å². The number of rotatable bonds is 7. The lowest BCUT2D eigenvalue weighted by Gasteiger charge is -2.03. The molecule has 0 spiro atoms. The summed E-state index contributed by atoms with van der Waals surface area (Å²) in [6.45, 7) is 0.845. The van der Waals surface area contributed by atoms with Crippen molar-refractivity contribution < 1.29 is 4.79 Å². The highest BCUT2D eigenvalue weighted by Gasteiger charge is 2.19. The third-order valence-corrected chi connectivity index (χ3v) is 2.61. The first-order valence-electron chi connectivity index (χ1n) is 5.15. The van der Waals surface area contributed by atoms with E-state index in [0.717, 1.165) is 25.3 Å². The molecule has 1 N–H and O–H groups in total. The Kier molecular flexibility index (Phi) is 5.21.